The minimum absolute atomic E-state index is 0.0158. The Bertz CT molecular complexity index is 849. The van der Waals surface area contributed by atoms with Crippen molar-refractivity contribution < 1.29 is 27.5 Å². The molecule has 0 spiro atoms. The Morgan fingerprint density at radius 2 is 2.00 bits per heavy atom. The van der Waals surface area contributed by atoms with Gasteiger partial charge in [0.05, 0.1) is 13.7 Å². The minimum Gasteiger partial charge on any atom is -0.464 e. The van der Waals surface area contributed by atoms with E-state index < -0.39 is 23.6 Å². The first-order chi connectivity index (χ1) is 13.5. The number of aromatic nitrogens is 1. The Balaban J connectivity index is 1.77. The zero-order chi connectivity index (χ0) is 20.1. The summed E-state index contributed by atoms with van der Waals surface area (Å²) in [6.07, 6.45) is 5.87. The van der Waals surface area contributed by atoms with E-state index in [0.717, 1.165) is 44.2 Å². The summed E-state index contributed by atoms with van der Waals surface area (Å²) >= 11 is 0. The van der Waals surface area contributed by atoms with Gasteiger partial charge in [-0.3, -0.25) is 0 Å². The number of ether oxygens (including phenoxy) is 1. The summed E-state index contributed by atoms with van der Waals surface area (Å²) in [6.45, 7) is 0.0389. The van der Waals surface area contributed by atoms with Gasteiger partial charge in [0.1, 0.15) is 6.26 Å². The van der Waals surface area contributed by atoms with Gasteiger partial charge in [-0.05, 0) is 25.0 Å². The summed E-state index contributed by atoms with van der Waals surface area (Å²) in [7, 11) is 1.24. The predicted octanol–water partition coefficient (Wildman–Crippen LogP) is 4.11. The second-order valence-electron chi connectivity index (χ2n) is 6.60. The minimum atomic E-state index is -1.04. The standard InChI is InChI=1S/C19H21F2N3O4/c1-27-18(25)16-11-28-17(23-16)10-24(13-5-3-2-4-6-13)19(26)22-12-7-8-14(20)15(21)9-12/h7-9,11,13H,2-6,10H2,1H3,(H,22,26). The van der Waals surface area contributed by atoms with Crippen LogP contribution in [0, 0.1) is 11.6 Å². The van der Waals surface area contributed by atoms with E-state index in [4.69, 9.17) is 4.42 Å². The molecule has 0 saturated heterocycles. The maximum absolute atomic E-state index is 13.4. The second kappa shape index (κ2) is 8.81. The van der Waals surface area contributed by atoms with E-state index in [1.807, 2.05) is 0 Å². The van der Waals surface area contributed by atoms with Crippen molar-refractivity contribution in [3.05, 3.63) is 47.7 Å². The molecule has 1 fully saturated rings. The lowest BCUT2D eigenvalue weighted by molar-refractivity contribution is 0.0594. The first-order valence-corrected chi connectivity index (χ1v) is 9.03. The third-order valence-corrected chi connectivity index (χ3v) is 4.70. The number of esters is 1. The van der Waals surface area contributed by atoms with Crippen molar-refractivity contribution in [2.24, 2.45) is 0 Å². The summed E-state index contributed by atoms with van der Waals surface area (Å²) < 4.78 is 36.4. The third kappa shape index (κ3) is 4.65. The van der Waals surface area contributed by atoms with Gasteiger partial charge in [-0.1, -0.05) is 19.3 Å². The molecule has 150 valence electrons. The number of nitrogens with zero attached hydrogens (tertiary/aromatic N) is 2. The molecule has 0 unspecified atom stereocenters. The molecule has 1 aromatic carbocycles. The Kier molecular flexibility index (Phi) is 6.23. The number of halogens is 2. The predicted molar refractivity (Wildman–Crippen MR) is 95.6 cm³/mol. The van der Waals surface area contributed by atoms with E-state index in [9.17, 15) is 18.4 Å². The first kappa shape index (κ1) is 19.8. The molecule has 0 aliphatic heterocycles. The summed E-state index contributed by atoms with van der Waals surface area (Å²) in [4.78, 5) is 30.0. The normalized spacial score (nSPS) is 14.5. The molecule has 1 saturated carbocycles. The number of hydrogen-bond donors (Lipinski definition) is 1. The fourth-order valence-electron chi connectivity index (χ4n) is 3.26. The van der Waals surface area contributed by atoms with Crippen molar-refractivity contribution in [3.8, 4) is 0 Å². The molecule has 9 heteroatoms. The number of carbonyl (C=O) groups is 2. The Morgan fingerprint density at radius 1 is 1.25 bits per heavy atom. The molecule has 1 aromatic heterocycles. The smallest absolute Gasteiger partial charge is 0.360 e. The molecule has 1 N–H and O–H groups in total. The van der Waals surface area contributed by atoms with E-state index in [2.05, 4.69) is 15.0 Å². The van der Waals surface area contributed by atoms with Crippen LogP contribution in [0.25, 0.3) is 0 Å². The number of rotatable bonds is 5. The SMILES string of the molecule is COC(=O)c1coc(CN(C(=O)Nc2ccc(F)c(F)c2)C2CCCCC2)n1. The van der Waals surface area contributed by atoms with Gasteiger partial charge in [0.15, 0.2) is 17.3 Å². The number of urea groups is 1. The van der Waals surface area contributed by atoms with Gasteiger partial charge in [-0.25, -0.2) is 23.4 Å². The van der Waals surface area contributed by atoms with Crippen LogP contribution in [0.4, 0.5) is 19.3 Å². The maximum Gasteiger partial charge on any atom is 0.360 e. The Morgan fingerprint density at radius 3 is 2.68 bits per heavy atom. The quantitative estimate of drug-likeness (QED) is 0.773. The van der Waals surface area contributed by atoms with Crippen LogP contribution in [0.5, 0.6) is 0 Å². The fourth-order valence-corrected chi connectivity index (χ4v) is 3.26. The molecular formula is C19H21F2N3O4. The zero-order valence-electron chi connectivity index (χ0n) is 15.4. The Labute approximate surface area is 160 Å². The van der Waals surface area contributed by atoms with Gasteiger partial charge in [-0.15, -0.1) is 0 Å². The molecule has 0 radical (unpaired) electrons. The lowest BCUT2D eigenvalue weighted by Crippen LogP contribution is -2.43. The summed E-state index contributed by atoms with van der Waals surface area (Å²) in [5.41, 5.74) is 0.162. The molecular weight excluding hydrogens is 372 g/mol. The van der Waals surface area contributed by atoms with Crippen molar-refractivity contribution in [3.63, 3.8) is 0 Å². The average molecular weight is 393 g/mol. The van der Waals surface area contributed by atoms with Gasteiger partial charge in [0.2, 0.25) is 5.89 Å². The first-order valence-electron chi connectivity index (χ1n) is 9.03. The van der Waals surface area contributed by atoms with Gasteiger partial charge < -0.3 is 19.4 Å². The van der Waals surface area contributed by atoms with E-state index in [0.29, 0.717) is 0 Å². The molecule has 2 amide bonds. The molecule has 1 aliphatic rings. The van der Waals surface area contributed by atoms with Gasteiger partial charge in [0, 0.05) is 17.8 Å². The van der Waals surface area contributed by atoms with E-state index in [-0.39, 0.29) is 29.9 Å². The molecule has 28 heavy (non-hydrogen) atoms. The highest BCUT2D eigenvalue weighted by molar-refractivity contribution is 5.89. The number of methoxy groups -OCH3 is 1. The zero-order valence-corrected chi connectivity index (χ0v) is 15.4. The Hall–Kier alpha value is -2.97. The number of hydrogen-bond acceptors (Lipinski definition) is 5. The molecule has 3 rings (SSSR count). The van der Waals surface area contributed by atoms with Gasteiger partial charge >= 0.3 is 12.0 Å². The highest BCUT2D eigenvalue weighted by atomic mass is 19.2. The summed E-state index contributed by atoms with van der Waals surface area (Å²) in [5, 5.41) is 2.59. The largest absolute Gasteiger partial charge is 0.464 e. The number of oxazole rings is 1. The lowest BCUT2D eigenvalue weighted by atomic mass is 9.94. The van der Waals surface area contributed by atoms with Crippen LogP contribution in [0.2, 0.25) is 0 Å². The van der Waals surface area contributed by atoms with Crippen LogP contribution < -0.4 is 5.32 Å². The molecule has 0 bridgehead atoms. The molecule has 0 atom stereocenters. The second-order valence-corrected chi connectivity index (χ2v) is 6.60. The number of amides is 2. The number of carbonyl (C=O) groups excluding carboxylic acids is 2. The van der Waals surface area contributed by atoms with Crippen molar-refractivity contribution in [1.82, 2.24) is 9.88 Å². The maximum atomic E-state index is 13.4. The lowest BCUT2D eigenvalue weighted by Gasteiger charge is -2.33. The monoisotopic (exact) mass is 393 g/mol. The van der Waals surface area contributed by atoms with E-state index in [1.165, 1.54) is 19.4 Å². The number of benzene rings is 1. The van der Waals surface area contributed by atoms with Crippen molar-refractivity contribution in [2.75, 3.05) is 12.4 Å². The molecule has 1 heterocycles. The van der Waals surface area contributed by atoms with Crippen LogP contribution in [-0.4, -0.2) is 35.0 Å². The summed E-state index contributed by atoms with van der Waals surface area (Å²) in [6, 6.07) is 2.64. The topological polar surface area (TPSA) is 84.7 Å². The van der Waals surface area contributed by atoms with Crippen LogP contribution in [0.1, 0.15) is 48.5 Å². The van der Waals surface area contributed by atoms with Crippen LogP contribution in [0.15, 0.2) is 28.9 Å². The van der Waals surface area contributed by atoms with Crippen molar-refractivity contribution in [2.45, 2.75) is 44.7 Å². The third-order valence-electron chi connectivity index (χ3n) is 4.70. The van der Waals surface area contributed by atoms with E-state index >= 15 is 0 Å². The molecule has 1 aliphatic carbocycles. The highest BCUT2D eigenvalue weighted by Crippen LogP contribution is 2.25. The summed E-state index contributed by atoms with van der Waals surface area (Å²) in [5.74, 6) is -2.48. The molecule has 2 aromatic rings. The fraction of sp³-hybridized carbons (Fsp3) is 0.421. The van der Waals surface area contributed by atoms with Crippen LogP contribution in [-0.2, 0) is 11.3 Å². The van der Waals surface area contributed by atoms with E-state index in [1.54, 1.807) is 4.90 Å². The van der Waals surface area contributed by atoms with Crippen molar-refractivity contribution >= 4 is 17.7 Å². The number of anilines is 1. The highest BCUT2D eigenvalue weighted by Gasteiger charge is 2.28. The van der Waals surface area contributed by atoms with Crippen LogP contribution >= 0.6 is 0 Å². The number of nitrogens with one attached hydrogen (secondary N) is 1. The molecule has 7 nitrogen and oxygen atoms in total. The van der Waals surface area contributed by atoms with Gasteiger partial charge in [-0.2, -0.15) is 0 Å². The van der Waals surface area contributed by atoms with Crippen molar-refractivity contribution in [1.29, 1.82) is 0 Å². The van der Waals surface area contributed by atoms with Crippen LogP contribution in [0.3, 0.4) is 0 Å². The average Bonchev–Trinajstić information content (AvgIpc) is 3.17. The van der Waals surface area contributed by atoms with Gasteiger partial charge in [0.25, 0.3) is 0 Å².